The molecule has 0 N–H and O–H groups in total. The largest absolute Gasteiger partial charge is 0.146 e. The van der Waals surface area contributed by atoms with Crippen molar-refractivity contribution in [2.75, 3.05) is 0 Å². The zero-order valence-electron chi connectivity index (χ0n) is 3.67. The normalized spacial score (nSPS) is 9.25. The SMILES string of the molecule is Brc1cnnnc1Br. The predicted molar refractivity (Wildman–Crippen MR) is 35.2 cm³/mol. The molecular weight excluding hydrogens is 238 g/mol. The van der Waals surface area contributed by atoms with Gasteiger partial charge in [0.15, 0.2) is 0 Å². The van der Waals surface area contributed by atoms with E-state index in [0.717, 1.165) is 4.47 Å². The van der Waals surface area contributed by atoms with Gasteiger partial charge in [0.05, 0.1) is 10.7 Å². The minimum Gasteiger partial charge on any atom is -0.137 e. The molecule has 0 aliphatic rings. The van der Waals surface area contributed by atoms with E-state index >= 15 is 0 Å². The summed E-state index contributed by atoms with van der Waals surface area (Å²) in [6.45, 7) is 0. The Balaban J connectivity index is 3.13. The lowest BCUT2D eigenvalue weighted by Gasteiger charge is -1.85. The van der Waals surface area contributed by atoms with E-state index in [-0.39, 0.29) is 0 Å². The van der Waals surface area contributed by atoms with E-state index in [9.17, 15) is 0 Å². The van der Waals surface area contributed by atoms with Crippen molar-refractivity contribution in [3.8, 4) is 0 Å². The van der Waals surface area contributed by atoms with Gasteiger partial charge in [-0.2, -0.15) is 0 Å². The van der Waals surface area contributed by atoms with E-state index in [0.29, 0.717) is 4.60 Å². The van der Waals surface area contributed by atoms with Crippen LogP contribution in [-0.2, 0) is 0 Å². The van der Waals surface area contributed by atoms with Crippen LogP contribution in [0, 0.1) is 0 Å². The molecule has 1 aromatic heterocycles. The fraction of sp³-hybridized carbons (Fsp3) is 0. The van der Waals surface area contributed by atoms with Crippen LogP contribution in [0.3, 0.4) is 0 Å². The number of hydrogen-bond acceptors (Lipinski definition) is 3. The van der Waals surface area contributed by atoms with E-state index in [1.165, 1.54) is 0 Å². The summed E-state index contributed by atoms with van der Waals surface area (Å²) in [6.07, 6.45) is 1.57. The first-order valence-electron chi connectivity index (χ1n) is 1.80. The van der Waals surface area contributed by atoms with Gasteiger partial charge in [-0.25, -0.2) is 0 Å². The topological polar surface area (TPSA) is 38.7 Å². The van der Waals surface area contributed by atoms with Gasteiger partial charge >= 0.3 is 0 Å². The summed E-state index contributed by atoms with van der Waals surface area (Å²) in [7, 11) is 0. The second-order valence-corrected chi connectivity index (χ2v) is 2.68. The quantitative estimate of drug-likeness (QED) is 0.686. The minimum absolute atomic E-state index is 0.674. The van der Waals surface area contributed by atoms with Gasteiger partial charge in [-0.1, -0.05) is 0 Å². The molecule has 0 saturated heterocycles. The molecule has 8 heavy (non-hydrogen) atoms. The van der Waals surface area contributed by atoms with Crippen molar-refractivity contribution >= 4 is 31.9 Å². The second kappa shape index (κ2) is 2.50. The summed E-state index contributed by atoms with van der Waals surface area (Å²) in [6, 6.07) is 0. The monoisotopic (exact) mass is 237 g/mol. The van der Waals surface area contributed by atoms with Gasteiger partial charge in [-0.15, -0.1) is 10.2 Å². The molecule has 42 valence electrons. The second-order valence-electron chi connectivity index (χ2n) is 1.07. The number of nitrogens with zero attached hydrogens (tertiary/aromatic N) is 3. The smallest absolute Gasteiger partial charge is 0.137 e. The Labute approximate surface area is 62.8 Å². The average molecular weight is 239 g/mol. The molecule has 3 nitrogen and oxygen atoms in total. The maximum Gasteiger partial charge on any atom is 0.146 e. The van der Waals surface area contributed by atoms with Crippen molar-refractivity contribution in [1.29, 1.82) is 0 Å². The van der Waals surface area contributed by atoms with Gasteiger partial charge in [-0.3, -0.25) is 0 Å². The Bertz CT molecular complexity index is 169. The van der Waals surface area contributed by atoms with E-state index in [1.54, 1.807) is 6.20 Å². The van der Waals surface area contributed by atoms with Crippen LogP contribution in [0.15, 0.2) is 15.3 Å². The fourth-order valence-electron chi connectivity index (χ4n) is 0.243. The maximum atomic E-state index is 3.59. The van der Waals surface area contributed by atoms with E-state index < -0.39 is 0 Å². The third kappa shape index (κ3) is 1.23. The number of halogens is 2. The average Bonchev–Trinajstić information content (AvgIpc) is 1.77. The number of aromatic nitrogens is 3. The molecule has 1 rings (SSSR count). The van der Waals surface area contributed by atoms with Crippen molar-refractivity contribution in [2.24, 2.45) is 0 Å². The van der Waals surface area contributed by atoms with Crippen LogP contribution in [0.5, 0.6) is 0 Å². The summed E-state index contributed by atoms with van der Waals surface area (Å²) < 4.78 is 1.49. The summed E-state index contributed by atoms with van der Waals surface area (Å²) in [5.74, 6) is 0. The highest BCUT2D eigenvalue weighted by Gasteiger charge is 1.92. The lowest BCUT2D eigenvalue weighted by atomic mass is 10.7. The Hall–Kier alpha value is -0.0300. The maximum absolute atomic E-state index is 3.59. The number of hydrogen-bond donors (Lipinski definition) is 0. The lowest BCUT2D eigenvalue weighted by Crippen LogP contribution is -1.85. The van der Waals surface area contributed by atoms with Crippen LogP contribution in [-0.4, -0.2) is 15.4 Å². The first-order valence-corrected chi connectivity index (χ1v) is 3.38. The summed E-state index contributed by atoms with van der Waals surface area (Å²) in [5.41, 5.74) is 0. The molecule has 0 saturated carbocycles. The first kappa shape index (κ1) is 6.10. The van der Waals surface area contributed by atoms with Crippen molar-refractivity contribution in [3.05, 3.63) is 15.3 Å². The third-order valence-corrected chi connectivity index (χ3v) is 2.25. The Morgan fingerprint density at radius 2 is 2.12 bits per heavy atom. The van der Waals surface area contributed by atoms with Crippen molar-refractivity contribution in [1.82, 2.24) is 15.4 Å². The van der Waals surface area contributed by atoms with Crippen LogP contribution in [0.2, 0.25) is 0 Å². The molecule has 0 atom stereocenters. The van der Waals surface area contributed by atoms with Crippen LogP contribution in [0.25, 0.3) is 0 Å². The van der Waals surface area contributed by atoms with Gasteiger partial charge in [0, 0.05) is 0 Å². The van der Waals surface area contributed by atoms with E-state index in [2.05, 4.69) is 47.3 Å². The van der Waals surface area contributed by atoms with E-state index in [4.69, 9.17) is 0 Å². The van der Waals surface area contributed by atoms with Crippen LogP contribution in [0.1, 0.15) is 0 Å². The molecule has 0 aliphatic heterocycles. The minimum atomic E-state index is 0.674. The molecular formula is C3HBr2N3. The third-order valence-electron chi connectivity index (χ3n) is 0.552. The molecule has 1 heterocycles. The Morgan fingerprint density at radius 1 is 1.38 bits per heavy atom. The van der Waals surface area contributed by atoms with Gasteiger partial charge in [0.25, 0.3) is 0 Å². The Morgan fingerprint density at radius 3 is 2.50 bits per heavy atom. The zero-order valence-corrected chi connectivity index (χ0v) is 6.85. The molecule has 1 aromatic rings. The van der Waals surface area contributed by atoms with Gasteiger partial charge < -0.3 is 0 Å². The van der Waals surface area contributed by atoms with E-state index in [1.807, 2.05) is 0 Å². The fourth-order valence-corrected chi connectivity index (χ4v) is 0.587. The van der Waals surface area contributed by atoms with Crippen molar-refractivity contribution in [2.45, 2.75) is 0 Å². The van der Waals surface area contributed by atoms with Crippen LogP contribution >= 0.6 is 31.9 Å². The van der Waals surface area contributed by atoms with Gasteiger partial charge in [0.2, 0.25) is 0 Å². The zero-order chi connectivity index (χ0) is 5.98. The molecule has 0 radical (unpaired) electrons. The predicted octanol–water partition coefficient (Wildman–Crippen LogP) is 1.40. The molecule has 0 aromatic carbocycles. The molecule has 0 unspecified atom stereocenters. The molecule has 5 heteroatoms. The van der Waals surface area contributed by atoms with Crippen molar-refractivity contribution in [3.63, 3.8) is 0 Å². The Kier molecular flexibility index (Phi) is 1.90. The van der Waals surface area contributed by atoms with Gasteiger partial charge in [-0.05, 0) is 37.1 Å². The number of rotatable bonds is 0. The van der Waals surface area contributed by atoms with Gasteiger partial charge in [0.1, 0.15) is 4.60 Å². The summed E-state index contributed by atoms with van der Waals surface area (Å²) >= 11 is 6.32. The summed E-state index contributed by atoms with van der Waals surface area (Å²) in [4.78, 5) is 0. The molecule has 0 spiro atoms. The molecule has 0 fully saturated rings. The first-order chi connectivity index (χ1) is 3.80. The molecule has 0 amide bonds. The lowest BCUT2D eigenvalue weighted by molar-refractivity contribution is 0.842. The highest BCUT2D eigenvalue weighted by Crippen LogP contribution is 2.15. The standard InChI is InChI=1S/C3HBr2N3/c4-2-1-6-8-7-3(2)5/h1H. The molecule has 0 bridgehead atoms. The van der Waals surface area contributed by atoms with Crippen molar-refractivity contribution < 1.29 is 0 Å². The highest BCUT2D eigenvalue weighted by molar-refractivity contribution is 9.13. The van der Waals surface area contributed by atoms with Crippen LogP contribution in [0.4, 0.5) is 0 Å². The van der Waals surface area contributed by atoms with Crippen LogP contribution < -0.4 is 0 Å². The molecule has 0 aliphatic carbocycles. The highest BCUT2D eigenvalue weighted by atomic mass is 79.9. The summed E-state index contributed by atoms with van der Waals surface area (Å²) in [5, 5.41) is 10.5.